The van der Waals surface area contributed by atoms with Crippen molar-refractivity contribution in [2.75, 3.05) is 21.3 Å². The summed E-state index contributed by atoms with van der Waals surface area (Å²) in [4.78, 5) is 10.2. The number of fused-ring (bicyclic) bond motifs is 18. The van der Waals surface area contributed by atoms with E-state index in [1.54, 1.807) is 0 Å². The summed E-state index contributed by atoms with van der Waals surface area (Å²) >= 11 is 0. The van der Waals surface area contributed by atoms with Crippen molar-refractivity contribution < 1.29 is 16.8 Å². The Hall–Kier alpha value is -4.73. The molecular weight excluding hydrogens is 555 g/mol. The van der Waals surface area contributed by atoms with Crippen LogP contribution < -0.4 is 41.9 Å². The monoisotopic (exact) mass is 581 g/mol. The molecule has 0 saturated carbocycles. The first kappa shape index (κ1) is 24.1. The minimum Gasteiger partial charge on any atom is -0.421 e. The third-order valence-electron chi connectivity index (χ3n) is 8.42. The van der Waals surface area contributed by atoms with Gasteiger partial charge in [0, 0.05) is 35.1 Å². The number of allylic oxidation sites excluding steroid dienone is 6. The first-order valence-corrected chi connectivity index (χ1v) is 13.7. The van der Waals surface area contributed by atoms with Gasteiger partial charge in [-0.1, -0.05) is 97.1 Å². The van der Waals surface area contributed by atoms with Gasteiger partial charge in [-0.15, -0.1) is 0 Å². The zero-order chi connectivity index (χ0) is 26.2. The summed E-state index contributed by atoms with van der Waals surface area (Å²) < 4.78 is 0. The van der Waals surface area contributed by atoms with Crippen LogP contribution in [0.3, 0.4) is 0 Å². The topological polar surface area (TPSA) is 100 Å². The SMILES string of the molecule is C1=CC2=C3Nc4[n-]c(c5ccccc45)NC4=C5C=CC=CC5C(N4)Nc4[n-]c(c5ccccc45)NC(N3)C2C=C1.[Co+2]. The predicted octanol–water partition coefficient (Wildman–Crippen LogP) is 5.03. The Morgan fingerprint density at radius 3 is 1.37 bits per heavy atom. The average molecular weight is 582 g/mol. The van der Waals surface area contributed by atoms with Crippen molar-refractivity contribution in [1.82, 2.24) is 20.6 Å². The average Bonchev–Trinajstić information content (AvgIpc) is 3.73. The molecule has 1 radical (unpaired) electrons. The van der Waals surface area contributed by atoms with Gasteiger partial charge in [0.2, 0.25) is 0 Å². The van der Waals surface area contributed by atoms with Crippen LogP contribution in [0.4, 0.5) is 23.3 Å². The molecule has 2 aromatic heterocycles. The van der Waals surface area contributed by atoms with Crippen LogP contribution in [0.25, 0.3) is 21.5 Å². The van der Waals surface area contributed by atoms with Gasteiger partial charge >= 0.3 is 16.8 Å². The van der Waals surface area contributed by atoms with Gasteiger partial charge in [-0.3, -0.25) is 0 Å². The van der Waals surface area contributed by atoms with Gasteiger partial charge in [-0.25, -0.2) is 0 Å². The smallest absolute Gasteiger partial charge is 0.421 e. The summed E-state index contributed by atoms with van der Waals surface area (Å²) in [7, 11) is 0. The number of nitrogens with one attached hydrogen (secondary N) is 6. The van der Waals surface area contributed by atoms with E-state index in [1.807, 2.05) is 0 Å². The molecule has 9 heteroatoms. The van der Waals surface area contributed by atoms with Crippen molar-refractivity contribution in [2.45, 2.75) is 12.3 Å². The fraction of sp³-hybridized carbons (Fsp3) is 0.125. The molecule has 0 amide bonds. The molecule has 3 aliphatic heterocycles. The van der Waals surface area contributed by atoms with Crippen LogP contribution in [0.1, 0.15) is 0 Å². The summed E-state index contributed by atoms with van der Waals surface area (Å²) in [5.74, 6) is 5.51. The molecule has 5 heterocycles. The van der Waals surface area contributed by atoms with Crippen molar-refractivity contribution in [3.8, 4) is 0 Å². The summed E-state index contributed by atoms with van der Waals surface area (Å²) in [5, 5.41) is 26.5. The van der Waals surface area contributed by atoms with Crippen LogP contribution in [0, 0.1) is 11.8 Å². The summed E-state index contributed by atoms with van der Waals surface area (Å²) in [5.41, 5.74) is 2.38. The van der Waals surface area contributed by atoms with Gasteiger partial charge < -0.3 is 41.9 Å². The Kier molecular flexibility index (Phi) is 5.38. The number of hydrogen-bond acceptors (Lipinski definition) is 6. The van der Waals surface area contributed by atoms with E-state index >= 15 is 0 Å². The van der Waals surface area contributed by atoms with Gasteiger partial charge in [0.05, 0.1) is 24.0 Å². The van der Waals surface area contributed by atoms with Crippen molar-refractivity contribution >= 4 is 44.8 Å². The van der Waals surface area contributed by atoms with Crippen LogP contribution in [0.5, 0.6) is 0 Å². The van der Waals surface area contributed by atoms with E-state index in [1.165, 1.54) is 11.1 Å². The molecule has 6 N–H and O–H groups in total. The molecule has 0 fully saturated rings. The van der Waals surface area contributed by atoms with Crippen molar-refractivity contribution in [3.63, 3.8) is 0 Å². The quantitative estimate of drug-likeness (QED) is 0.172. The second kappa shape index (κ2) is 9.15. The molecule has 8 nitrogen and oxygen atoms in total. The van der Waals surface area contributed by atoms with Gasteiger partial charge in [0.25, 0.3) is 0 Å². The maximum atomic E-state index is 5.11. The van der Waals surface area contributed by atoms with Crippen molar-refractivity contribution in [1.29, 1.82) is 0 Å². The maximum absolute atomic E-state index is 5.11. The van der Waals surface area contributed by atoms with Crippen LogP contribution >= 0.6 is 0 Å². The number of aromatic nitrogens is 2. The van der Waals surface area contributed by atoms with E-state index in [2.05, 4.69) is 129 Å². The molecule has 4 atom stereocenters. The van der Waals surface area contributed by atoms with Crippen LogP contribution in [0.15, 0.2) is 120 Å². The number of rotatable bonds is 0. The molecule has 9 rings (SSSR count). The zero-order valence-electron chi connectivity index (χ0n) is 21.8. The second-order valence-electron chi connectivity index (χ2n) is 10.7. The van der Waals surface area contributed by atoms with Gasteiger partial charge in [-0.2, -0.15) is 0 Å². The van der Waals surface area contributed by atoms with E-state index < -0.39 is 0 Å². The summed E-state index contributed by atoms with van der Waals surface area (Å²) in [6.07, 6.45) is 17.0. The van der Waals surface area contributed by atoms with E-state index in [9.17, 15) is 0 Å². The molecular formula is C32H26CoN8. The van der Waals surface area contributed by atoms with Crippen LogP contribution in [-0.4, -0.2) is 12.3 Å². The molecule has 0 saturated heterocycles. The van der Waals surface area contributed by atoms with Gasteiger partial charge in [-0.05, 0) is 32.7 Å². The normalized spacial score (nSPS) is 25.0. The molecule has 0 spiro atoms. The Bertz CT molecular complexity index is 1770. The minimum absolute atomic E-state index is 0. The molecule has 2 aliphatic carbocycles. The number of hydrogen-bond donors (Lipinski definition) is 6. The first-order chi connectivity index (χ1) is 19.8. The fourth-order valence-electron chi connectivity index (χ4n) is 6.52. The van der Waals surface area contributed by atoms with Crippen LogP contribution in [0.2, 0.25) is 0 Å². The van der Waals surface area contributed by atoms with E-state index in [0.717, 1.165) is 56.5 Å². The number of benzene rings is 2. The number of nitrogens with zero attached hydrogens (tertiary/aromatic N) is 2. The van der Waals surface area contributed by atoms with Gasteiger partial charge in [0.1, 0.15) is 0 Å². The zero-order valence-corrected chi connectivity index (χ0v) is 22.8. The third kappa shape index (κ3) is 3.66. The largest absolute Gasteiger partial charge is 2.00 e. The van der Waals surface area contributed by atoms with Crippen molar-refractivity contribution in [3.05, 3.63) is 120 Å². The second-order valence-corrected chi connectivity index (χ2v) is 10.7. The Morgan fingerprint density at radius 1 is 0.488 bits per heavy atom. The fourth-order valence-corrected chi connectivity index (χ4v) is 6.52. The minimum atomic E-state index is -0.0764. The standard InChI is InChI=1S/C32H26N8.Co/c1-2-10-18-17(9-1)25-33-26(18)38-28-21-13-5-6-14-22(21)30(35-28)40-32-24-16-8-7-15-23(24)31(36-32)39-29-20-12-4-3-11-19(20)27(34-29)37-25;/h1-17,23,25,31,33,36-40H;/q-2;+2. The molecule has 2 aromatic carbocycles. The Labute approximate surface area is 247 Å². The third-order valence-corrected chi connectivity index (χ3v) is 8.42. The first-order valence-electron chi connectivity index (χ1n) is 13.7. The van der Waals surface area contributed by atoms with E-state index in [4.69, 9.17) is 9.97 Å². The van der Waals surface area contributed by atoms with E-state index in [0.29, 0.717) is 0 Å². The Morgan fingerprint density at radius 2 is 0.902 bits per heavy atom. The molecule has 4 unspecified atom stereocenters. The van der Waals surface area contributed by atoms with Crippen molar-refractivity contribution in [2.24, 2.45) is 11.8 Å². The molecule has 41 heavy (non-hydrogen) atoms. The summed E-state index contributed by atoms with van der Waals surface area (Å²) in [6, 6.07) is 16.7. The molecule has 4 aromatic rings. The van der Waals surface area contributed by atoms with Gasteiger partial charge in [0.15, 0.2) is 0 Å². The molecule has 8 bridgehead atoms. The van der Waals surface area contributed by atoms with E-state index in [-0.39, 0.29) is 40.9 Å². The maximum Gasteiger partial charge on any atom is 2.00 e. The van der Waals surface area contributed by atoms with Crippen LogP contribution in [-0.2, 0) is 16.8 Å². The summed E-state index contributed by atoms with van der Waals surface area (Å²) in [6.45, 7) is 0. The molecule has 5 aliphatic rings. The Balaban J connectivity index is 0.00000256. The predicted molar refractivity (Wildman–Crippen MR) is 160 cm³/mol. The molecule has 203 valence electrons. The number of anilines is 4.